The molecule has 0 amide bonds. The van der Waals surface area contributed by atoms with Crippen LogP contribution in [-0.2, 0) is 10.2 Å². The molecule has 3 nitrogen and oxygen atoms in total. The van der Waals surface area contributed by atoms with E-state index in [1.54, 1.807) is 7.11 Å². The smallest absolute Gasteiger partial charge is 0.141 e. The fourth-order valence-corrected chi connectivity index (χ4v) is 2.52. The average Bonchev–Trinajstić information content (AvgIpc) is 2.45. The molecule has 112 valence electrons. The van der Waals surface area contributed by atoms with Crippen molar-refractivity contribution in [3.05, 3.63) is 23.8 Å². The van der Waals surface area contributed by atoms with Crippen LogP contribution in [0.1, 0.15) is 39.2 Å². The quantitative estimate of drug-likeness (QED) is 0.907. The van der Waals surface area contributed by atoms with E-state index in [0.717, 1.165) is 44.0 Å². The molecule has 2 rings (SSSR count). The molecule has 1 heterocycles. The van der Waals surface area contributed by atoms with Crippen molar-refractivity contribution in [2.24, 2.45) is 5.92 Å². The van der Waals surface area contributed by atoms with Crippen LogP contribution in [0.15, 0.2) is 18.2 Å². The summed E-state index contributed by atoms with van der Waals surface area (Å²) >= 11 is 0. The van der Waals surface area contributed by atoms with Gasteiger partial charge in [0.05, 0.1) is 12.8 Å². The van der Waals surface area contributed by atoms with Crippen LogP contribution >= 0.6 is 0 Å². The van der Waals surface area contributed by atoms with E-state index in [-0.39, 0.29) is 5.41 Å². The first-order valence-electron chi connectivity index (χ1n) is 7.51. The van der Waals surface area contributed by atoms with Crippen LogP contribution in [0.2, 0.25) is 0 Å². The molecule has 0 saturated carbocycles. The number of anilines is 1. The number of rotatable bonds is 4. The summed E-state index contributed by atoms with van der Waals surface area (Å²) in [6, 6.07) is 6.43. The number of benzene rings is 1. The van der Waals surface area contributed by atoms with E-state index in [0.29, 0.717) is 5.92 Å². The van der Waals surface area contributed by atoms with Gasteiger partial charge in [-0.25, -0.2) is 0 Å². The molecule has 0 aliphatic carbocycles. The Balaban J connectivity index is 2.07. The van der Waals surface area contributed by atoms with Crippen molar-refractivity contribution in [1.29, 1.82) is 0 Å². The van der Waals surface area contributed by atoms with Crippen molar-refractivity contribution in [2.75, 3.05) is 32.2 Å². The summed E-state index contributed by atoms with van der Waals surface area (Å²) in [5.41, 5.74) is 2.58. The third kappa shape index (κ3) is 3.89. The molecule has 1 aromatic rings. The summed E-state index contributed by atoms with van der Waals surface area (Å²) in [6.45, 7) is 9.48. The Morgan fingerprint density at radius 3 is 2.55 bits per heavy atom. The number of hydrogen-bond acceptors (Lipinski definition) is 3. The Bertz CT molecular complexity index is 431. The van der Waals surface area contributed by atoms with Gasteiger partial charge >= 0.3 is 0 Å². The maximum atomic E-state index is 5.47. The van der Waals surface area contributed by atoms with Gasteiger partial charge in [0.2, 0.25) is 0 Å². The molecule has 0 spiro atoms. The van der Waals surface area contributed by atoms with Crippen molar-refractivity contribution in [3.63, 3.8) is 0 Å². The zero-order valence-corrected chi connectivity index (χ0v) is 13.2. The van der Waals surface area contributed by atoms with Crippen molar-refractivity contribution >= 4 is 5.69 Å². The van der Waals surface area contributed by atoms with Crippen molar-refractivity contribution in [3.8, 4) is 5.75 Å². The Hall–Kier alpha value is -1.22. The van der Waals surface area contributed by atoms with Gasteiger partial charge < -0.3 is 14.8 Å². The first kappa shape index (κ1) is 15.2. The molecule has 1 fully saturated rings. The van der Waals surface area contributed by atoms with Gasteiger partial charge in [0.25, 0.3) is 0 Å². The average molecular weight is 277 g/mol. The van der Waals surface area contributed by atoms with E-state index in [1.165, 1.54) is 5.56 Å². The first-order valence-corrected chi connectivity index (χ1v) is 7.51. The van der Waals surface area contributed by atoms with Crippen LogP contribution in [-0.4, -0.2) is 26.9 Å². The van der Waals surface area contributed by atoms with Crippen LogP contribution in [0.25, 0.3) is 0 Å². The van der Waals surface area contributed by atoms with Gasteiger partial charge in [-0.15, -0.1) is 0 Å². The molecule has 1 aliphatic heterocycles. The maximum Gasteiger partial charge on any atom is 0.141 e. The highest BCUT2D eigenvalue weighted by Crippen LogP contribution is 2.31. The number of nitrogens with one attached hydrogen (secondary N) is 1. The molecule has 0 unspecified atom stereocenters. The van der Waals surface area contributed by atoms with Crippen LogP contribution < -0.4 is 10.1 Å². The molecular weight excluding hydrogens is 250 g/mol. The lowest BCUT2D eigenvalue weighted by molar-refractivity contribution is 0.0699. The van der Waals surface area contributed by atoms with Crippen LogP contribution in [0.5, 0.6) is 5.75 Å². The fourth-order valence-electron chi connectivity index (χ4n) is 2.52. The molecule has 1 saturated heterocycles. The molecule has 20 heavy (non-hydrogen) atoms. The van der Waals surface area contributed by atoms with Crippen LogP contribution in [0, 0.1) is 5.92 Å². The van der Waals surface area contributed by atoms with Gasteiger partial charge in [0, 0.05) is 19.8 Å². The van der Waals surface area contributed by atoms with E-state index >= 15 is 0 Å². The van der Waals surface area contributed by atoms with E-state index in [1.807, 2.05) is 0 Å². The van der Waals surface area contributed by atoms with Crippen molar-refractivity contribution in [1.82, 2.24) is 0 Å². The standard InChI is InChI=1S/C17H27NO2/c1-17(2,3)14-5-6-16(19-4)15(11-14)18-12-13-7-9-20-10-8-13/h5-6,11,13,18H,7-10,12H2,1-4H3. The van der Waals surface area contributed by atoms with Crippen molar-refractivity contribution in [2.45, 2.75) is 39.0 Å². The topological polar surface area (TPSA) is 30.5 Å². The monoisotopic (exact) mass is 277 g/mol. The molecule has 3 heteroatoms. The maximum absolute atomic E-state index is 5.47. The van der Waals surface area contributed by atoms with Gasteiger partial charge in [-0.05, 0) is 41.9 Å². The lowest BCUT2D eigenvalue weighted by atomic mass is 9.86. The minimum atomic E-state index is 0.154. The van der Waals surface area contributed by atoms with Gasteiger partial charge in [0.15, 0.2) is 0 Å². The van der Waals surface area contributed by atoms with Gasteiger partial charge in [0.1, 0.15) is 5.75 Å². The molecule has 0 atom stereocenters. The third-order valence-electron chi connectivity index (χ3n) is 3.99. The molecule has 1 aliphatic rings. The molecule has 1 N–H and O–H groups in total. The molecule has 0 aromatic heterocycles. The molecule has 0 radical (unpaired) electrons. The second-order valence-electron chi connectivity index (χ2n) is 6.60. The summed E-state index contributed by atoms with van der Waals surface area (Å²) in [4.78, 5) is 0. The Labute approximate surface area is 122 Å². The Kier molecular flexibility index (Phi) is 4.92. The van der Waals surface area contributed by atoms with Crippen LogP contribution in [0.4, 0.5) is 5.69 Å². The summed E-state index contributed by atoms with van der Waals surface area (Å²) in [6.07, 6.45) is 2.29. The van der Waals surface area contributed by atoms with E-state index in [4.69, 9.17) is 9.47 Å². The second kappa shape index (κ2) is 6.49. The minimum Gasteiger partial charge on any atom is -0.495 e. The van der Waals surface area contributed by atoms with Crippen LogP contribution in [0.3, 0.4) is 0 Å². The molecular formula is C17H27NO2. The highest BCUT2D eigenvalue weighted by Gasteiger charge is 2.17. The second-order valence-corrected chi connectivity index (χ2v) is 6.60. The predicted octanol–water partition coefficient (Wildman–Crippen LogP) is 3.83. The van der Waals surface area contributed by atoms with E-state index < -0.39 is 0 Å². The molecule has 1 aromatic carbocycles. The fraction of sp³-hybridized carbons (Fsp3) is 0.647. The van der Waals surface area contributed by atoms with Crippen molar-refractivity contribution < 1.29 is 9.47 Å². The van der Waals surface area contributed by atoms with E-state index in [2.05, 4.69) is 44.3 Å². The summed E-state index contributed by atoms with van der Waals surface area (Å²) < 4.78 is 10.9. The normalized spacial score (nSPS) is 17.0. The summed E-state index contributed by atoms with van der Waals surface area (Å²) in [5.74, 6) is 1.62. The summed E-state index contributed by atoms with van der Waals surface area (Å²) in [5, 5.41) is 3.57. The third-order valence-corrected chi connectivity index (χ3v) is 3.99. The Morgan fingerprint density at radius 1 is 1.25 bits per heavy atom. The zero-order chi connectivity index (χ0) is 14.6. The predicted molar refractivity (Wildman–Crippen MR) is 83.7 cm³/mol. The summed E-state index contributed by atoms with van der Waals surface area (Å²) in [7, 11) is 1.73. The lowest BCUT2D eigenvalue weighted by Crippen LogP contribution is -2.23. The number of methoxy groups -OCH3 is 1. The van der Waals surface area contributed by atoms with E-state index in [9.17, 15) is 0 Å². The lowest BCUT2D eigenvalue weighted by Gasteiger charge is -2.25. The highest BCUT2D eigenvalue weighted by atomic mass is 16.5. The first-order chi connectivity index (χ1) is 9.50. The minimum absolute atomic E-state index is 0.154. The Morgan fingerprint density at radius 2 is 1.95 bits per heavy atom. The number of hydrogen-bond donors (Lipinski definition) is 1. The zero-order valence-electron chi connectivity index (χ0n) is 13.2. The van der Waals surface area contributed by atoms with Gasteiger partial charge in [-0.2, -0.15) is 0 Å². The SMILES string of the molecule is COc1ccc(C(C)(C)C)cc1NCC1CCOCC1. The van der Waals surface area contributed by atoms with Gasteiger partial charge in [-0.3, -0.25) is 0 Å². The van der Waals surface area contributed by atoms with Gasteiger partial charge in [-0.1, -0.05) is 26.8 Å². The highest BCUT2D eigenvalue weighted by molar-refractivity contribution is 5.59. The largest absolute Gasteiger partial charge is 0.495 e. The number of ether oxygens (including phenoxy) is 2. The molecule has 0 bridgehead atoms.